The van der Waals surface area contributed by atoms with Gasteiger partial charge < -0.3 is 10.2 Å². The van der Waals surface area contributed by atoms with Crippen LogP contribution in [0.3, 0.4) is 0 Å². The van der Waals surface area contributed by atoms with Gasteiger partial charge in [0.15, 0.2) is 5.41 Å². The molecule has 1 unspecified atom stereocenters. The summed E-state index contributed by atoms with van der Waals surface area (Å²) in [6, 6.07) is 0. The van der Waals surface area contributed by atoms with Gasteiger partial charge in [-0.1, -0.05) is 25.5 Å². The zero-order valence-electron chi connectivity index (χ0n) is 10.3. The monoisotopic (exact) mass is 228 g/mol. The molecule has 0 aromatic heterocycles. The van der Waals surface area contributed by atoms with Crippen molar-refractivity contribution < 1.29 is 19.8 Å². The smallest absolute Gasteiger partial charge is 0.321 e. The van der Waals surface area contributed by atoms with Gasteiger partial charge in [-0.15, -0.1) is 0 Å². The number of carbonyl (C=O) groups is 2. The molecule has 16 heavy (non-hydrogen) atoms. The fraction of sp³-hybridized carbons (Fsp3) is 0.667. The number of carboxylic acid groups (broad SMARTS) is 2. The fourth-order valence-electron chi connectivity index (χ4n) is 1.98. The SMILES string of the molecule is CCC(C=C(C)C)C(CC)(C(=O)O)C(=O)O. The largest absolute Gasteiger partial charge is 0.480 e. The molecule has 1 atom stereocenters. The summed E-state index contributed by atoms with van der Waals surface area (Å²) in [7, 11) is 0. The Morgan fingerprint density at radius 2 is 1.62 bits per heavy atom. The molecule has 0 aliphatic heterocycles. The van der Waals surface area contributed by atoms with Crippen LogP contribution in [0.25, 0.3) is 0 Å². The minimum absolute atomic E-state index is 0.0833. The van der Waals surface area contributed by atoms with E-state index in [4.69, 9.17) is 0 Å². The van der Waals surface area contributed by atoms with Crippen LogP contribution < -0.4 is 0 Å². The van der Waals surface area contributed by atoms with E-state index in [1.54, 1.807) is 19.9 Å². The minimum atomic E-state index is -1.70. The Balaban J connectivity index is 5.54. The number of carboxylic acids is 2. The Morgan fingerprint density at radius 1 is 1.19 bits per heavy atom. The van der Waals surface area contributed by atoms with Crippen LogP contribution in [0.15, 0.2) is 11.6 Å². The number of allylic oxidation sites excluding steroid dienone is 2. The maximum Gasteiger partial charge on any atom is 0.321 e. The molecular formula is C12H20O4. The summed E-state index contributed by atoms with van der Waals surface area (Å²) in [5.41, 5.74) is -0.765. The number of aliphatic carboxylic acids is 2. The molecular weight excluding hydrogens is 208 g/mol. The lowest BCUT2D eigenvalue weighted by Gasteiger charge is -2.30. The van der Waals surface area contributed by atoms with E-state index in [1.807, 2.05) is 13.8 Å². The van der Waals surface area contributed by atoms with Crippen LogP contribution in [-0.4, -0.2) is 22.2 Å². The average molecular weight is 228 g/mol. The standard InChI is InChI=1S/C12H20O4/c1-5-9(7-8(3)4)12(6-2,10(13)14)11(15)16/h7,9H,5-6H2,1-4H3,(H,13,14)(H,15,16). The molecule has 2 N–H and O–H groups in total. The lowest BCUT2D eigenvalue weighted by atomic mass is 9.71. The van der Waals surface area contributed by atoms with Crippen molar-refractivity contribution in [2.45, 2.75) is 40.5 Å². The van der Waals surface area contributed by atoms with Gasteiger partial charge in [0.25, 0.3) is 0 Å². The summed E-state index contributed by atoms with van der Waals surface area (Å²) in [5.74, 6) is -2.99. The Hall–Kier alpha value is -1.32. The number of hydrogen-bond donors (Lipinski definition) is 2. The van der Waals surface area contributed by atoms with Crippen LogP contribution in [0.5, 0.6) is 0 Å². The average Bonchev–Trinajstić information content (AvgIpc) is 2.16. The van der Waals surface area contributed by atoms with Gasteiger partial charge in [0.1, 0.15) is 0 Å². The Kier molecular flexibility index (Phi) is 5.21. The van der Waals surface area contributed by atoms with E-state index in [0.717, 1.165) is 5.57 Å². The zero-order valence-corrected chi connectivity index (χ0v) is 10.3. The predicted molar refractivity (Wildman–Crippen MR) is 61.2 cm³/mol. The van der Waals surface area contributed by atoms with Crippen molar-refractivity contribution in [2.75, 3.05) is 0 Å². The highest BCUT2D eigenvalue weighted by Gasteiger charge is 2.49. The van der Waals surface area contributed by atoms with Gasteiger partial charge in [-0.3, -0.25) is 9.59 Å². The maximum atomic E-state index is 11.3. The molecule has 0 saturated carbocycles. The van der Waals surface area contributed by atoms with E-state index in [2.05, 4.69) is 0 Å². The first kappa shape index (κ1) is 14.7. The summed E-state index contributed by atoms with van der Waals surface area (Å²) in [6.07, 6.45) is 2.32. The Morgan fingerprint density at radius 3 is 1.81 bits per heavy atom. The molecule has 4 nitrogen and oxygen atoms in total. The van der Waals surface area contributed by atoms with E-state index >= 15 is 0 Å². The van der Waals surface area contributed by atoms with Crippen molar-refractivity contribution in [3.05, 3.63) is 11.6 Å². The first-order chi connectivity index (χ1) is 7.32. The fourth-order valence-corrected chi connectivity index (χ4v) is 1.98. The van der Waals surface area contributed by atoms with E-state index in [-0.39, 0.29) is 6.42 Å². The number of hydrogen-bond acceptors (Lipinski definition) is 2. The topological polar surface area (TPSA) is 74.6 Å². The molecule has 0 aromatic rings. The van der Waals surface area contributed by atoms with Crippen molar-refractivity contribution >= 4 is 11.9 Å². The second kappa shape index (κ2) is 5.68. The second-order valence-corrected chi connectivity index (χ2v) is 4.19. The lowest BCUT2D eigenvalue weighted by Crippen LogP contribution is -2.44. The minimum Gasteiger partial charge on any atom is -0.480 e. The highest BCUT2D eigenvalue weighted by atomic mass is 16.4. The summed E-state index contributed by atoms with van der Waals surface area (Å²) in [6.45, 7) is 7.09. The van der Waals surface area contributed by atoms with Gasteiger partial charge in [-0.25, -0.2) is 0 Å². The molecule has 0 amide bonds. The number of rotatable bonds is 6. The normalized spacial score (nSPS) is 13.0. The first-order valence-electron chi connectivity index (χ1n) is 5.44. The highest BCUT2D eigenvalue weighted by Crippen LogP contribution is 2.36. The van der Waals surface area contributed by atoms with Crippen molar-refractivity contribution in [3.63, 3.8) is 0 Å². The van der Waals surface area contributed by atoms with Crippen molar-refractivity contribution in [1.82, 2.24) is 0 Å². The van der Waals surface area contributed by atoms with E-state index in [9.17, 15) is 19.8 Å². The highest BCUT2D eigenvalue weighted by molar-refractivity contribution is 5.98. The Labute approximate surface area is 96.0 Å². The molecule has 0 saturated heterocycles. The lowest BCUT2D eigenvalue weighted by molar-refractivity contribution is -0.168. The Bertz CT molecular complexity index is 286. The van der Waals surface area contributed by atoms with Gasteiger partial charge in [-0.05, 0) is 26.7 Å². The van der Waals surface area contributed by atoms with Crippen LogP contribution in [-0.2, 0) is 9.59 Å². The summed E-state index contributed by atoms with van der Waals surface area (Å²) >= 11 is 0. The molecule has 0 aliphatic carbocycles. The van der Waals surface area contributed by atoms with Crippen LogP contribution in [0.4, 0.5) is 0 Å². The predicted octanol–water partition coefficient (Wildman–Crippen LogP) is 2.54. The molecule has 0 fully saturated rings. The second-order valence-electron chi connectivity index (χ2n) is 4.19. The quantitative estimate of drug-likeness (QED) is 0.541. The molecule has 0 rings (SSSR count). The van der Waals surface area contributed by atoms with E-state index in [0.29, 0.717) is 6.42 Å². The third-order valence-corrected chi connectivity index (χ3v) is 2.93. The van der Waals surface area contributed by atoms with Gasteiger partial charge in [-0.2, -0.15) is 0 Å². The summed E-state index contributed by atoms with van der Waals surface area (Å²) < 4.78 is 0. The molecule has 0 bridgehead atoms. The zero-order chi connectivity index (χ0) is 12.9. The van der Waals surface area contributed by atoms with Crippen molar-refractivity contribution in [2.24, 2.45) is 11.3 Å². The van der Waals surface area contributed by atoms with Crippen LogP contribution in [0.2, 0.25) is 0 Å². The molecule has 0 aromatic carbocycles. The van der Waals surface area contributed by atoms with Crippen molar-refractivity contribution in [3.8, 4) is 0 Å². The third kappa shape index (κ3) is 2.62. The van der Waals surface area contributed by atoms with Gasteiger partial charge in [0.05, 0.1) is 0 Å². The third-order valence-electron chi connectivity index (χ3n) is 2.93. The van der Waals surface area contributed by atoms with Crippen molar-refractivity contribution in [1.29, 1.82) is 0 Å². The van der Waals surface area contributed by atoms with Gasteiger partial charge >= 0.3 is 11.9 Å². The first-order valence-corrected chi connectivity index (χ1v) is 5.44. The molecule has 4 heteroatoms. The summed E-state index contributed by atoms with van der Waals surface area (Å²) in [5, 5.41) is 18.4. The van der Waals surface area contributed by atoms with Crippen LogP contribution >= 0.6 is 0 Å². The van der Waals surface area contributed by atoms with Crippen LogP contribution in [0.1, 0.15) is 40.5 Å². The molecule has 0 aliphatic rings. The maximum absolute atomic E-state index is 11.3. The molecule has 0 heterocycles. The molecule has 0 spiro atoms. The van der Waals surface area contributed by atoms with Crippen LogP contribution in [0, 0.1) is 11.3 Å². The molecule has 92 valence electrons. The molecule has 0 radical (unpaired) electrons. The van der Waals surface area contributed by atoms with Gasteiger partial charge in [0, 0.05) is 5.92 Å². The van der Waals surface area contributed by atoms with Gasteiger partial charge in [0.2, 0.25) is 0 Å². The summed E-state index contributed by atoms with van der Waals surface area (Å²) in [4.78, 5) is 22.5. The van der Waals surface area contributed by atoms with E-state index in [1.165, 1.54) is 0 Å². The van der Waals surface area contributed by atoms with E-state index < -0.39 is 23.3 Å².